The molecule has 0 aliphatic heterocycles. The molecule has 126 valence electrons. The summed E-state index contributed by atoms with van der Waals surface area (Å²) in [5.41, 5.74) is 2.30. The molecule has 1 atom stereocenters. The predicted octanol–water partition coefficient (Wildman–Crippen LogP) is 3.31. The van der Waals surface area contributed by atoms with Crippen molar-refractivity contribution in [1.29, 1.82) is 0 Å². The van der Waals surface area contributed by atoms with Crippen LogP contribution in [0.15, 0.2) is 53.4 Å². The molecule has 2 aromatic rings. The molecule has 0 heterocycles. The second-order valence-electron chi connectivity index (χ2n) is 5.92. The fourth-order valence-corrected chi connectivity index (χ4v) is 4.31. The molecule has 0 unspecified atom stereocenters. The molecule has 0 aromatic heterocycles. The van der Waals surface area contributed by atoms with E-state index in [1.165, 1.54) is 29.8 Å². The lowest BCUT2D eigenvalue weighted by Crippen LogP contribution is -2.35. The average Bonchev–Trinajstić information content (AvgIpc) is 2.55. The average molecular weight is 364 g/mol. The van der Waals surface area contributed by atoms with Crippen molar-refractivity contribution in [2.24, 2.45) is 0 Å². The number of carbonyl (C=O) groups is 1. The van der Waals surface area contributed by atoms with Crippen LogP contribution in [0.3, 0.4) is 0 Å². The maximum Gasteiger partial charge on any atom is 0.236 e. The van der Waals surface area contributed by atoms with Gasteiger partial charge in [-0.15, -0.1) is 0 Å². The first-order valence-electron chi connectivity index (χ1n) is 7.81. The third kappa shape index (κ3) is 3.79. The Balaban J connectivity index is 1.71. The van der Waals surface area contributed by atoms with Gasteiger partial charge in [0, 0.05) is 5.02 Å². The minimum Gasteiger partial charge on any atom is -0.348 e. The van der Waals surface area contributed by atoms with Gasteiger partial charge in [0.25, 0.3) is 0 Å². The summed E-state index contributed by atoms with van der Waals surface area (Å²) >= 11 is 5.77. The molecule has 1 aliphatic rings. The van der Waals surface area contributed by atoms with Crippen molar-refractivity contribution in [3.05, 3.63) is 64.7 Å². The second kappa shape index (κ2) is 6.95. The Morgan fingerprint density at radius 2 is 1.83 bits per heavy atom. The van der Waals surface area contributed by atoms with E-state index in [9.17, 15) is 13.2 Å². The lowest BCUT2D eigenvalue weighted by Gasteiger charge is -2.26. The fraction of sp³-hybridized carbons (Fsp3) is 0.278. The molecule has 1 N–H and O–H groups in total. The molecule has 4 nitrogen and oxygen atoms in total. The maximum absolute atomic E-state index is 12.3. The summed E-state index contributed by atoms with van der Waals surface area (Å²) in [5, 5.41) is 3.32. The number of halogens is 1. The summed E-state index contributed by atoms with van der Waals surface area (Å²) in [5.74, 6) is -1.04. The van der Waals surface area contributed by atoms with Gasteiger partial charge in [0.15, 0.2) is 9.84 Å². The van der Waals surface area contributed by atoms with Crippen molar-refractivity contribution >= 4 is 27.3 Å². The molecular weight excluding hydrogens is 346 g/mol. The zero-order valence-corrected chi connectivity index (χ0v) is 14.6. The third-order valence-electron chi connectivity index (χ3n) is 4.20. The van der Waals surface area contributed by atoms with E-state index in [0.717, 1.165) is 24.8 Å². The first kappa shape index (κ1) is 17.0. The van der Waals surface area contributed by atoms with Crippen LogP contribution in [0.1, 0.15) is 30.0 Å². The molecular formula is C18H18ClNO3S. The Hall–Kier alpha value is -1.85. The number of hydrogen-bond donors (Lipinski definition) is 1. The zero-order chi connectivity index (χ0) is 17.2. The molecule has 24 heavy (non-hydrogen) atoms. The van der Waals surface area contributed by atoms with Gasteiger partial charge >= 0.3 is 0 Å². The number of carbonyl (C=O) groups excluding carboxylic acids is 1. The number of hydrogen-bond acceptors (Lipinski definition) is 3. The van der Waals surface area contributed by atoms with Crippen LogP contribution in [0.25, 0.3) is 0 Å². The summed E-state index contributed by atoms with van der Waals surface area (Å²) in [4.78, 5) is 12.4. The van der Waals surface area contributed by atoms with Crippen LogP contribution in [0.5, 0.6) is 0 Å². The van der Waals surface area contributed by atoms with Crippen LogP contribution >= 0.6 is 11.6 Å². The number of amides is 1. The van der Waals surface area contributed by atoms with Crippen LogP contribution in [0, 0.1) is 0 Å². The molecule has 0 saturated heterocycles. The summed E-state index contributed by atoms with van der Waals surface area (Å²) < 4.78 is 24.7. The number of nitrogens with one attached hydrogen (secondary N) is 1. The van der Waals surface area contributed by atoms with E-state index in [-0.39, 0.29) is 10.9 Å². The predicted molar refractivity (Wildman–Crippen MR) is 93.8 cm³/mol. The van der Waals surface area contributed by atoms with Gasteiger partial charge in [-0.3, -0.25) is 4.79 Å². The van der Waals surface area contributed by atoms with E-state index in [2.05, 4.69) is 11.4 Å². The van der Waals surface area contributed by atoms with Crippen molar-refractivity contribution in [1.82, 2.24) is 5.32 Å². The van der Waals surface area contributed by atoms with Crippen LogP contribution in [0.4, 0.5) is 0 Å². The highest BCUT2D eigenvalue weighted by atomic mass is 35.5. The molecule has 6 heteroatoms. The van der Waals surface area contributed by atoms with E-state index < -0.39 is 21.5 Å². The Morgan fingerprint density at radius 1 is 1.12 bits per heavy atom. The Bertz CT molecular complexity index is 847. The normalized spacial score (nSPS) is 17.1. The minimum absolute atomic E-state index is 0.103. The van der Waals surface area contributed by atoms with Crippen LogP contribution in [0.2, 0.25) is 5.02 Å². The Morgan fingerprint density at radius 3 is 2.58 bits per heavy atom. The summed E-state index contributed by atoms with van der Waals surface area (Å²) in [6.45, 7) is 0. The quantitative estimate of drug-likeness (QED) is 0.906. The SMILES string of the molecule is O=C(CS(=O)(=O)c1ccc(Cl)cc1)N[C@@H]1CCCc2ccccc21. The molecule has 0 saturated carbocycles. The first-order chi connectivity index (χ1) is 11.5. The van der Waals surface area contributed by atoms with E-state index in [1.54, 1.807) is 0 Å². The summed E-state index contributed by atoms with van der Waals surface area (Å²) in [6.07, 6.45) is 2.79. The summed E-state index contributed by atoms with van der Waals surface area (Å²) in [7, 11) is -3.68. The van der Waals surface area contributed by atoms with Crippen molar-refractivity contribution in [2.75, 3.05) is 5.75 Å². The largest absolute Gasteiger partial charge is 0.348 e. The highest BCUT2D eigenvalue weighted by molar-refractivity contribution is 7.92. The van der Waals surface area contributed by atoms with Gasteiger partial charge in [0.1, 0.15) is 5.75 Å². The third-order valence-corrected chi connectivity index (χ3v) is 6.08. The van der Waals surface area contributed by atoms with E-state index in [1.807, 2.05) is 18.2 Å². The van der Waals surface area contributed by atoms with Crippen molar-refractivity contribution in [3.8, 4) is 0 Å². The number of aryl methyl sites for hydroxylation is 1. The number of fused-ring (bicyclic) bond motifs is 1. The number of benzene rings is 2. The lowest BCUT2D eigenvalue weighted by atomic mass is 9.88. The molecule has 2 aromatic carbocycles. The highest BCUT2D eigenvalue weighted by Gasteiger charge is 2.24. The monoisotopic (exact) mass is 363 g/mol. The van der Waals surface area contributed by atoms with E-state index >= 15 is 0 Å². The van der Waals surface area contributed by atoms with Crippen molar-refractivity contribution in [3.63, 3.8) is 0 Å². The topological polar surface area (TPSA) is 63.2 Å². The van der Waals surface area contributed by atoms with Crippen LogP contribution < -0.4 is 5.32 Å². The second-order valence-corrected chi connectivity index (χ2v) is 8.35. The van der Waals surface area contributed by atoms with Crippen molar-refractivity contribution < 1.29 is 13.2 Å². The van der Waals surface area contributed by atoms with Gasteiger partial charge in [-0.25, -0.2) is 8.42 Å². The summed E-state index contributed by atoms with van der Waals surface area (Å²) in [6, 6.07) is 13.7. The van der Waals surface area contributed by atoms with E-state index in [0.29, 0.717) is 5.02 Å². The fourth-order valence-electron chi connectivity index (χ4n) is 3.04. The minimum atomic E-state index is -3.68. The van der Waals surface area contributed by atoms with E-state index in [4.69, 9.17) is 11.6 Å². The van der Waals surface area contributed by atoms with Gasteiger partial charge in [0.2, 0.25) is 5.91 Å². The van der Waals surface area contributed by atoms with Gasteiger partial charge in [-0.05, 0) is 54.7 Å². The van der Waals surface area contributed by atoms with Gasteiger partial charge in [0.05, 0.1) is 10.9 Å². The van der Waals surface area contributed by atoms with Gasteiger partial charge in [-0.2, -0.15) is 0 Å². The Kier molecular flexibility index (Phi) is 4.92. The van der Waals surface area contributed by atoms with Crippen LogP contribution in [-0.2, 0) is 21.1 Å². The molecule has 0 radical (unpaired) electrons. The van der Waals surface area contributed by atoms with Crippen LogP contribution in [-0.4, -0.2) is 20.1 Å². The maximum atomic E-state index is 12.3. The standard InChI is InChI=1S/C18H18ClNO3S/c19-14-8-10-15(11-9-14)24(22,23)12-18(21)20-17-7-3-5-13-4-1-2-6-16(13)17/h1-2,4,6,8-11,17H,3,5,7,12H2,(H,20,21)/t17-/m1/s1. The zero-order valence-electron chi connectivity index (χ0n) is 13.0. The molecule has 3 rings (SSSR count). The first-order valence-corrected chi connectivity index (χ1v) is 9.84. The lowest BCUT2D eigenvalue weighted by molar-refractivity contribution is -0.119. The molecule has 0 fully saturated rings. The molecule has 0 spiro atoms. The molecule has 1 aliphatic carbocycles. The smallest absolute Gasteiger partial charge is 0.236 e. The highest BCUT2D eigenvalue weighted by Crippen LogP contribution is 2.29. The van der Waals surface area contributed by atoms with Gasteiger partial charge in [-0.1, -0.05) is 35.9 Å². The molecule has 0 bridgehead atoms. The van der Waals surface area contributed by atoms with Gasteiger partial charge < -0.3 is 5.32 Å². The number of sulfone groups is 1. The van der Waals surface area contributed by atoms with Crippen molar-refractivity contribution in [2.45, 2.75) is 30.2 Å². The molecule has 1 amide bonds. The Labute approximate surface area is 146 Å². The number of rotatable bonds is 4.